The zero-order chi connectivity index (χ0) is 12.7. The largest absolute Gasteiger partial charge is 0.238 e. The van der Waals surface area contributed by atoms with Crippen molar-refractivity contribution < 1.29 is 0 Å². The minimum Gasteiger partial charge on any atom is -0.238 e. The van der Waals surface area contributed by atoms with Crippen molar-refractivity contribution in [2.75, 3.05) is 0 Å². The number of thiazole rings is 2. The molecule has 0 amide bonds. The Morgan fingerprint density at radius 3 is 2.12 bits per heavy atom. The maximum Gasteiger partial charge on any atom is 0.129 e. The lowest BCUT2D eigenvalue weighted by Crippen LogP contribution is -2.16. The van der Waals surface area contributed by atoms with Crippen molar-refractivity contribution in [2.24, 2.45) is 0 Å². The van der Waals surface area contributed by atoms with Crippen LogP contribution in [0.2, 0.25) is 19.6 Å². The van der Waals surface area contributed by atoms with Gasteiger partial charge in [-0.2, -0.15) is 0 Å². The van der Waals surface area contributed by atoms with Crippen LogP contribution in [0, 0.1) is 11.5 Å². The first kappa shape index (κ1) is 14.6. The highest BCUT2D eigenvalue weighted by atomic mass is 79.9. The van der Waals surface area contributed by atoms with Gasteiger partial charge in [0.2, 0.25) is 0 Å². The van der Waals surface area contributed by atoms with E-state index in [4.69, 9.17) is 0 Å². The molecule has 2 heterocycles. The molecule has 2 aromatic rings. The van der Waals surface area contributed by atoms with Crippen LogP contribution >= 0.6 is 38.6 Å². The number of hydrogen-bond acceptors (Lipinski definition) is 4. The lowest BCUT2D eigenvalue weighted by atomic mass is 10.5. The Morgan fingerprint density at radius 2 is 1.76 bits per heavy atom. The van der Waals surface area contributed by atoms with E-state index in [1.807, 2.05) is 16.3 Å². The number of aromatic nitrogens is 2. The molecule has 0 spiro atoms. The Labute approximate surface area is 119 Å². The summed E-state index contributed by atoms with van der Waals surface area (Å²) < 4.78 is 0.924. The highest BCUT2D eigenvalue weighted by Gasteiger charge is 2.07. The maximum atomic E-state index is 4.09. The van der Waals surface area contributed by atoms with Crippen LogP contribution in [0.25, 0.3) is 0 Å². The van der Waals surface area contributed by atoms with E-state index in [0.29, 0.717) is 0 Å². The predicted octanol–water partition coefficient (Wildman–Crippen LogP) is 4.28. The third-order valence-electron chi connectivity index (χ3n) is 1.40. The molecule has 0 saturated carbocycles. The number of halogens is 1. The van der Waals surface area contributed by atoms with E-state index in [1.54, 1.807) is 28.2 Å². The molecule has 6 heteroatoms. The third-order valence-corrected chi connectivity index (χ3v) is 4.18. The molecular weight excluding hydrogens is 332 g/mol. The lowest BCUT2D eigenvalue weighted by molar-refractivity contribution is 1.37. The molecule has 0 atom stereocenters. The Morgan fingerprint density at radius 1 is 1.12 bits per heavy atom. The van der Waals surface area contributed by atoms with Crippen molar-refractivity contribution >= 4 is 46.7 Å². The Hall–Kier alpha value is -0.483. The van der Waals surface area contributed by atoms with Gasteiger partial charge < -0.3 is 0 Å². The molecule has 2 aromatic heterocycles. The minimum absolute atomic E-state index is 0.914. The van der Waals surface area contributed by atoms with Gasteiger partial charge in [0.25, 0.3) is 0 Å². The molecule has 2 nitrogen and oxygen atoms in total. The molecule has 0 unspecified atom stereocenters. The fourth-order valence-electron chi connectivity index (χ4n) is 0.724. The van der Waals surface area contributed by atoms with Gasteiger partial charge in [0.1, 0.15) is 18.4 Å². The molecule has 0 aliphatic carbocycles. The zero-order valence-corrected chi connectivity index (χ0v) is 14.1. The van der Waals surface area contributed by atoms with Crippen molar-refractivity contribution in [3.05, 3.63) is 32.1 Å². The van der Waals surface area contributed by atoms with E-state index >= 15 is 0 Å². The second-order valence-corrected chi connectivity index (χ2v) is 11.2. The summed E-state index contributed by atoms with van der Waals surface area (Å²) in [6, 6.07) is 0. The highest BCUT2D eigenvalue weighted by Crippen LogP contribution is 2.06. The highest BCUT2D eigenvalue weighted by molar-refractivity contribution is 9.10. The number of rotatable bonds is 0. The standard InChI is InChI=1S/C8H11NSSi.C3H2BrNS/c1-11(2,3)5-4-8-6-10-7-9-8;4-3-1-6-2-5-3/h6-7H,1-3H3;1-2H. The van der Waals surface area contributed by atoms with Crippen LogP contribution in [0.3, 0.4) is 0 Å². The summed E-state index contributed by atoms with van der Waals surface area (Å²) in [5, 5.41) is 3.91. The first-order valence-corrected chi connectivity index (χ1v) is 11.1. The lowest BCUT2D eigenvalue weighted by Gasteiger charge is -2.02. The molecular formula is C11H13BrN2S2Si. The molecule has 0 aliphatic rings. The summed E-state index contributed by atoms with van der Waals surface area (Å²) >= 11 is 6.35. The topological polar surface area (TPSA) is 25.8 Å². The summed E-state index contributed by atoms with van der Waals surface area (Å²) in [6.07, 6.45) is 0. The average molecular weight is 345 g/mol. The van der Waals surface area contributed by atoms with Gasteiger partial charge >= 0.3 is 0 Å². The molecule has 90 valence electrons. The Bertz CT molecular complexity index is 478. The monoisotopic (exact) mass is 344 g/mol. The van der Waals surface area contributed by atoms with Gasteiger partial charge in [0, 0.05) is 10.8 Å². The molecule has 0 saturated heterocycles. The summed E-state index contributed by atoms with van der Waals surface area (Å²) in [4.78, 5) is 7.94. The first-order chi connectivity index (χ1) is 7.97. The van der Waals surface area contributed by atoms with Crippen LogP contribution in [-0.4, -0.2) is 18.0 Å². The van der Waals surface area contributed by atoms with Crippen LogP contribution in [0.5, 0.6) is 0 Å². The van der Waals surface area contributed by atoms with Crippen LogP contribution in [0.15, 0.2) is 26.4 Å². The van der Waals surface area contributed by atoms with Gasteiger partial charge in [-0.05, 0) is 15.9 Å². The van der Waals surface area contributed by atoms with E-state index in [2.05, 4.69) is 57.0 Å². The first-order valence-electron chi connectivity index (χ1n) is 4.92. The van der Waals surface area contributed by atoms with Gasteiger partial charge in [-0.25, -0.2) is 9.97 Å². The molecule has 17 heavy (non-hydrogen) atoms. The molecule has 0 aromatic carbocycles. The molecule has 0 aliphatic heterocycles. The van der Waals surface area contributed by atoms with Crippen LogP contribution < -0.4 is 0 Å². The van der Waals surface area contributed by atoms with E-state index in [0.717, 1.165) is 10.3 Å². The predicted molar refractivity (Wildman–Crippen MR) is 82.2 cm³/mol. The van der Waals surface area contributed by atoms with E-state index in [9.17, 15) is 0 Å². The van der Waals surface area contributed by atoms with E-state index in [-0.39, 0.29) is 0 Å². The van der Waals surface area contributed by atoms with Crippen molar-refractivity contribution in [3.8, 4) is 11.5 Å². The third kappa shape index (κ3) is 7.44. The van der Waals surface area contributed by atoms with Crippen molar-refractivity contribution in [2.45, 2.75) is 19.6 Å². The van der Waals surface area contributed by atoms with Gasteiger partial charge in [-0.1, -0.05) is 25.6 Å². The van der Waals surface area contributed by atoms with Crippen molar-refractivity contribution in [3.63, 3.8) is 0 Å². The van der Waals surface area contributed by atoms with Gasteiger partial charge in [0.05, 0.1) is 11.0 Å². The van der Waals surface area contributed by atoms with E-state index in [1.165, 1.54) is 0 Å². The summed E-state index contributed by atoms with van der Waals surface area (Å²) in [7, 11) is -1.21. The quantitative estimate of drug-likeness (QED) is 0.526. The second-order valence-electron chi connectivity index (χ2n) is 4.18. The average Bonchev–Trinajstić information content (AvgIpc) is 2.86. The zero-order valence-electron chi connectivity index (χ0n) is 9.90. The molecule has 0 bridgehead atoms. The smallest absolute Gasteiger partial charge is 0.129 e. The second kappa shape index (κ2) is 7.06. The van der Waals surface area contributed by atoms with Crippen molar-refractivity contribution in [1.29, 1.82) is 0 Å². The molecule has 0 fully saturated rings. The Kier molecular flexibility index (Phi) is 6.06. The van der Waals surface area contributed by atoms with Gasteiger partial charge in [-0.15, -0.1) is 28.2 Å². The van der Waals surface area contributed by atoms with Crippen LogP contribution in [-0.2, 0) is 0 Å². The molecule has 2 rings (SSSR count). The van der Waals surface area contributed by atoms with Crippen LogP contribution in [0.1, 0.15) is 5.69 Å². The minimum atomic E-state index is -1.21. The van der Waals surface area contributed by atoms with Gasteiger partial charge in [-0.3, -0.25) is 0 Å². The number of hydrogen-bond donors (Lipinski definition) is 0. The Balaban J connectivity index is 0.000000202. The summed E-state index contributed by atoms with van der Waals surface area (Å²) in [6.45, 7) is 6.69. The fourth-order valence-corrected chi connectivity index (χ4v) is 2.68. The maximum absolute atomic E-state index is 4.09. The molecule has 0 radical (unpaired) electrons. The SMILES string of the molecule is Brc1cscn1.C[Si](C)(C)C#Cc1cscn1. The van der Waals surface area contributed by atoms with Crippen LogP contribution in [0.4, 0.5) is 0 Å². The normalized spacial score (nSPS) is 9.88. The summed E-state index contributed by atoms with van der Waals surface area (Å²) in [5.41, 5.74) is 7.77. The fraction of sp³-hybridized carbons (Fsp3) is 0.273. The van der Waals surface area contributed by atoms with Gasteiger partial charge in [0.15, 0.2) is 0 Å². The van der Waals surface area contributed by atoms with E-state index < -0.39 is 8.07 Å². The van der Waals surface area contributed by atoms with Crippen molar-refractivity contribution in [1.82, 2.24) is 9.97 Å². The summed E-state index contributed by atoms with van der Waals surface area (Å²) in [5.74, 6) is 3.08. The molecule has 0 N–H and O–H groups in total. The number of nitrogens with zero attached hydrogens (tertiary/aromatic N) is 2.